The molecule has 1 atom stereocenters. The molecule has 1 aromatic heterocycles. The first-order chi connectivity index (χ1) is 18.9. The van der Waals surface area contributed by atoms with E-state index in [-0.39, 0.29) is 28.8 Å². The number of nitrogens with zero attached hydrogens (tertiary/aromatic N) is 4. The number of amides is 1. The molecular weight excluding hydrogens is 600 g/mol. The van der Waals surface area contributed by atoms with Gasteiger partial charge in [-0.2, -0.15) is 5.26 Å². The highest BCUT2D eigenvalue weighted by atomic mass is 79.9. The summed E-state index contributed by atoms with van der Waals surface area (Å²) in [6, 6.07) is 16.9. The molecule has 1 amide bonds. The van der Waals surface area contributed by atoms with Crippen LogP contribution in [0.3, 0.4) is 0 Å². The second-order valence-corrected chi connectivity index (χ2v) is 11.8. The molecule has 0 saturated heterocycles. The van der Waals surface area contributed by atoms with Crippen molar-refractivity contribution in [3.8, 4) is 11.8 Å². The molecule has 39 heavy (non-hydrogen) atoms. The average molecular weight is 624 g/mol. The molecule has 3 N–H and O–H groups in total. The summed E-state index contributed by atoms with van der Waals surface area (Å²) in [5.41, 5.74) is 9.55. The van der Waals surface area contributed by atoms with Gasteiger partial charge in [0.2, 0.25) is 11.0 Å². The monoisotopic (exact) mass is 622 g/mol. The summed E-state index contributed by atoms with van der Waals surface area (Å²) >= 11 is 5.88. The quantitative estimate of drug-likeness (QED) is 0.334. The Morgan fingerprint density at radius 3 is 2.77 bits per heavy atom. The molecule has 3 aromatic rings. The van der Waals surface area contributed by atoms with Crippen LogP contribution in [0.4, 0.5) is 10.8 Å². The molecule has 5 rings (SSSR count). The van der Waals surface area contributed by atoms with Gasteiger partial charge >= 0.3 is 0 Å². The number of thioether (sulfide) groups is 1. The lowest BCUT2D eigenvalue weighted by Gasteiger charge is -2.38. The van der Waals surface area contributed by atoms with E-state index in [0.29, 0.717) is 51.3 Å². The van der Waals surface area contributed by atoms with Crippen molar-refractivity contribution in [2.45, 2.75) is 29.5 Å². The van der Waals surface area contributed by atoms with Crippen molar-refractivity contribution in [2.75, 3.05) is 23.1 Å². The van der Waals surface area contributed by atoms with Gasteiger partial charge in [0.25, 0.3) is 0 Å². The van der Waals surface area contributed by atoms with E-state index in [0.717, 1.165) is 10.2 Å². The third-order valence-electron chi connectivity index (χ3n) is 6.41. The number of hydrogen-bond acceptors (Lipinski definition) is 10. The smallest absolute Gasteiger partial charge is 0.234 e. The van der Waals surface area contributed by atoms with Crippen LogP contribution < -0.4 is 20.7 Å². The number of nitrogens with one attached hydrogen (secondary N) is 1. The van der Waals surface area contributed by atoms with E-state index in [2.05, 4.69) is 37.5 Å². The molecular formula is C27H23BrN6O3S2. The number of Topliss-reactive ketones (excluding diaryl/α,β-unsaturated/α-hetero) is 1. The Balaban J connectivity index is 1.44. The Bertz CT molecular complexity index is 1540. The number of carbonyl (C=O) groups is 2. The van der Waals surface area contributed by atoms with E-state index in [1.54, 1.807) is 12.0 Å². The maximum atomic E-state index is 13.3. The van der Waals surface area contributed by atoms with Gasteiger partial charge in [0, 0.05) is 33.4 Å². The average Bonchev–Trinajstić information content (AvgIpc) is 3.41. The molecule has 2 aromatic carbocycles. The fraction of sp³-hybridized carbons (Fsp3) is 0.222. The number of methoxy groups -OCH3 is 1. The number of hydrogen-bond donors (Lipinski definition) is 2. The Hall–Kier alpha value is -3.66. The zero-order valence-electron chi connectivity index (χ0n) is 20.8. The van der Waals surface area contributed by atoms with Crippen molar-refractivity contribution in [2.24, 2.45) is 5.73 Å². The van der Waals surface area contributed by atoms with Gasteiger partial charge in [-0.3, -0.25) is 14.5 Å². The number of nitrogens with two attached hydrogens (primary N) is 1. The predicted octanol–water partition coefficient (Wildman–Crippen LogP) is 5.34. The SMILES string of the molecule is COc1ccccc1C1C(C#N)=C(N)N(c2nnc(SCC(=O)Nc3ccc(Br)cc3)s2)C2=C1C(=O)CCC2. The van der Waals surface area contributed by atoms with E-state index >= 15 is 0 Å². The van der Waals surface area contributed by atoms with Crippen LogP contribution in [0.1, 0.15) is 30.7 Å². The number of ketones is 1. The molecule has 198 valence electrons. The van der Waals surface area contributed by atoms with Gasteiger partial charge < -0.3 is 15.8 Å². The van der Waals surface area contributed by atoms with Gasteiger partial charge in [-0.1, -0.05) is 57.2 Å². The summed E-state index contributed by atoms with van der Waals surface area (Å²) in [6.07, 6.45) is 1.66. The number of allylic oxidation sites excluding steroid dienone is 3. The topological polar surface area (TPSA) is 134 Å². The van der Waals surface area contributed by atoms with Gasteiger partial charge in [-0.15, -0.1) is 10.2 Å². The number of anilines is 2. The van der Waals surface area contributed by atoms with Crippen molar-refractivity contribution in [1.82, 2.24) is 10.2 Å². The van der Waals surface area contributed by atoms with Gasteiger partial charge in [-0.25, -0.2) is 0 Å². The highest BCUT2D eigenvalue weighted by Crippen LogP contribution is 2.48. The maximum Gasteiger partial charge on any atom is 0.234 e. The first-order valence-electron chi connectivity index (χ1n) is 12.0. The van der Waals surface area contributed by atoms with Crippen LogP contribution in [-0.4, -0.2) is 34.8 Å². The van der Waals surface area contributed by atoms with Crippen LogP contribution in [0, 0.1) is 11.3 Å². The predicted molar refractivity (Wildman–Crippen MR) is 154 cm³/mol. The lowest BCUT2D eigenvalue weighted by Crippen LogP contribution is -2.38. The summed E-state index contributed by atoms with van der Waals surface area (Å²) in [4.78, 5) is 27.5. The minimum Gasteiger partial charge on any atom is -0.496 e. The highest BCUT2D eigenvalue weighted by Gasteiger charge is 2.42. The summed E-state index contributed by atoms with van der Waals surface area (Å²) in [7, 11) is 1.56. The second-order valence-electron chi connectivity index (χ2n) is 8.75. The van der Waals surface area contributed by atoms with Crippen LogP contribution in [0.25, 0.3) is 0 Å². The summed E-state index contributed by atoms with van der Waals surface area (Å²) < 4.78 is 7.06. The molecule has 2 heterocycles. The van der Waals surface area contributed by atoms with E-state index in [1.807, 2.05) is 48.5 Å². The summed E-state index contributed by atoms with van der Waals surface area (Å²) in [5, 5.41) is 22.1. The van der Waals surface area contributed by atoms with Crippen LogP contribution in [-0.2, 0) is 9.59 Å². The minimum atomic E-state index is -0.630. The van der Waals surface area contributed by atoms with E-state index in [9.17, 15) is 14.9 Å². The number of rotatable bonds is 7. The summed E-state index contributed by atoms with van der Waals surface area (Å²) in [6.45, 7) is 0. The molecule has 1 aliphatic carbocycles. The number of nitriles is 1. The molecule has 1 unspecified atom stereocenters. The van der Waals surface area contributed by atoms with Crippen molar-refractivity contribution in [1.29, 1.82) is 5.26 Å². The molecule has 1 aliphatic heterocycles. The Morgan fingerprint density at radius 2 is 2.03 bits per heavy atom. The van der Waals surface area contributed by atoms with Crippen molar-refractivity contribution < 1.29 is 14.3 Å². The Labute approximate surface area is 241 Å². The number of aromatic nitrogens is 2. The number of carbonyl (C=O) groups excluding carboxylic acids is 2. The molecule has 0 spiro atoms. The largest absolute Gasteiger partial charge is 0.496 e. The number of ether oxygens (including phenoxy) is 1. The molecule has 12 heteroatoms. The molecule has 2 aliphatic rings. The first kappa shape index (κ1) is 26.9. The van der Waals surface area contributed by atoms with Crippen LogP contribution >= 0.6 is 39.0 Å². The van der Waals surface area contributed by atoms with Gasteiger partial charge in [0.05, 0.1) is 30.4 Å². The fourth-order valence-corrected chi connectivity index (χ4v) is 6.67. The third kappa shape index (κ3) is 5.43. The fourth-order valence-electron chi connectivity index (χ4n) is 4.73. The lowest BCUT2D eigenvalue weighted by atomic mass is 9.75. The zero-order chi connectivity index (χ0) is 27.5. The normalized spacial score (nSPS) is 17.1. The van der Waals surface area contributed by atoms with E-state index in [1.165, 1.54) is 23.1 Å². The minimum absolute atomic E-state index is 0.0267. The van der Waals surface area contributed by atoms with Crippen molar-refractivity contribution in [3.05, 3.63) is 81.2 Å². The number of para-hydroxylation sites is 1. The molecule has 0 bridgehead atoms. The molecule has 9 nitrogen and oxygen atoms in total. The summed E-state index contributed by atoms with van der Waals surface area (Å²) in [5.74, 6) is 0.100. The lowest BCUT2D eigenvalue weighted by molar-refractivity contribution is -0.116. The van der Waals surface area contributed by atoms with E-state index < -0.39 is 5.92 Å². The second kappa shape index (κ2) is 11.6. The third-order valence-corrected chi connectivity index (χ3v) is 8.98. The van der Waals surface area contributed by atoms with Gasteiger partial charge in [-0.05, 0) is 43.2 Å². The van der Waals surface area contributed by atoms with Gasteiger partial charge in [0.1, 0.15) is 11.6 Å². The Kier molecular flexibility index (Phi) is 8.02. The maximum absolute atomic E-state index is 13.3. The first-order valence-corrected chi connectivity index (χ1v) is 14.6. The Morgan fingerprint density at radius 1 is 1.26 bits per heavy atom. The molecule has 0 fully saturated rings. The molecule has 0 saturated carbocycles. The van der Waals surface area contributed by atoms with E-state index in [4.69, 9.17) is 10.5 Å². The van der Waals surface area contributed by atoms with Crippen LogP contribution in [0.5, 0.6) is 5.75 Å². The van der Waals surface area contributed by atoms with Crippen molar-refractivity contribution in [3.63, 3.8) is 0 Å². The van der Waals surface area contributed by atoms with Crippen LogP contribution in [0.2, 0.25) is 0 Å². The zero-order valence-corrected chi connectivity index (χ0v) is 24.0. The molecule has 0 radical (unpaired) electrons. The standard InChI is InChI=1S/C27H23BrN6O3S2/c1-37-21-8-3-2-5-17(21)23-18(13-29)25(30)34(19-6-4-7-20(35)24(19)23)26-32-33-27(39-26)38-14-22(36)31-16-11-9-15(28)10-12-16/h2-3,5,8-12,23H,4,6-7,14,30H2,1H3,(H,31,36). The van der Waals surface area contributed by atoms with Gasteiger partial charge in [0.15, 0.2) is 10.1 Å². The highest BCUT2D eigenvalue weighted by molar-refractivity contribution is 9.10. The van der Waals surface area contributed by atoms with Crippen molar-refractivity contribution >= 4 is 61.5 Å². The number of benzene rings is 2. The number of halogens is 1. The van der Waals surface area contributed by atoms with Crippen LogP contribution in [0.15, 0.2) is 80.0 Å².